The van der Waals surface area contributed by atoms with E-state index < -0.39 is 12.2 Å². The van der Waals surface area contributed by atoms with E-state index in [4.69, 9.17) is 15.2 Å². The molecule has 0 fully saturated rings. The number of hydrogen-bond acceptors (Lipinski definition) is 4. The number of rotatable bonds is 7. The summed E-state index contributed by atoms with van der Waals surface area (Å²) >= 11 is 0. The van der Waals surface area contributed by atoms with Crippen molar-refractivity contribution < 1.29 is 19.1 Å². The first-order valence-electron chi connectivity index (χ1n) is 6.51. The first-order chi connectivity index (χ1) is 9.63. The van der Waals surface area contributed by atoms with Gasteiger partial charge in [0.1, 0.15) is 13.2 Å². The number of primary amides is 1. The maximum atomic E-state index is 11.4. The Labute approximate surface area is 118 Å². The number of benzene rings is 1. The minimum absolute atomic E-state index is 0.0698. The molecule has 1 atom stereocenters. The van der Waals surface area contributed by atoms with Crippen LogP contribution in [-0.2, 0) is 9.47 Å². The van der Waals surface area contributed by atoms with Crippen molar-refractivity contribution in [2.24, 2.45) is 5.73 Å². The molecule has 0 aliphatic rings. The van der Waals surface area contributed by atoms with Crippen molar-refractivity contribution in [1.82, 2.24) is 5.32 Å². The molecular weight excluding hydrogens is 260 g/mol. The maximum Gasteiger partial charge on any atom is 0.407 e. The number of carbonyl (C=O) groups is 2. The molecule has 3 N–H and O–H groups in total. The van der Waals surface area contributed by atoms with E-state index in [9.17, 15) is 9.59 Å². The third-order valence-corrected chi connectivity index (χ3v) is 2.63. The van der Waals surface area contributed by atoms with E-state index >= 15 is 0 Å². The van der Waals surface area contributed by atoms with Crippen LogP contribution in [0, 0.1) is 0 Å². The normalized spacial score (nSPS) is 11.4. The van der Waals surface area contributed by atoms with Gasteiger partial charge in [-0.05, 0) is 12.0 Å². The summed E-state index contributed by atoms with van der Waals surface area (Å²) < 4.78 is 9.91. The number of ether oxygens (including phenoxy) is 2. The van der Waals surface area contributed by atoms with Crippen LogP contribution in [0.2, 0.25) is 0 Å². The fraction of sp³-hybridized carbons (Fsp3) is 0.429. The van der Waals surface area contributed by atoms with Crippen LogP contribution in [-0.4, -0.2) is 31.9 Å². The minimum Gasteiger partial charge on any atom is -0.449 e. The Bertz CT molecular complexity index is 422. The summed E-state index contributed by atoms with van der Waals surface area (Å²) in [5.74, 6) is -0.240. The van der Waals surface area contributed by atoms with Crippen molar-refractivity contribution in [3.63, 3.8) is 0 Å². The molecule has 0 bridgehead atoms. The highest BCUT2D eigenvalue weighted by Crippen LogP contribution is 2.16. The van der Waals surface area contributed by atoms with Gasteiger partial charge in [0.05, 0.1) is 5.92 Å². The van der Waals surface area contributed by atoms with E-state index in [0.29, 0.717) is 6.54 Å². The average Bonchev–Trinajstić information content (AvgIpc) is 2.45. The second kappa shape index (κ2) is 8.79. The van der Waals surface area contributed by atoms with Gasteiger partial charge in [-0.1, -0.05) is 37.3 Å². The van der Waals surface area contributed by atoms with E-state index in [1.165, 1.54) is 0 Å². The zero-order valence-corrected chi connectivity index (χ0v) is 11.5. The molecule has 1 aromatic rings. The molecule has 2 amide bonds. The lowest BCUT2D eigenvalue weighted by atomic mass is 10.0. The van der Waals surface area contributed by atoms with Crippen LogP contribution in [0.5, 0.6) is 0 Å². The molecule has 1 rings (SSSR count). The lowest BCUT2D eigenvalue weighted by Gasteiger charge is -2.17. The number of hydrogen-bond donors (Lipinski definition) is 2. The van der Waals surface area contributed by atoms with Crippen molar-refractivity contribution in [1.29, 1.82) is 0 Å². The fourth-order valence-electron chi connectivity index (χ4n) is 1.60. The fourth-order valence-corrected chi connectivity index (χ4v) is 1.60. The van der Waals surface area contributed by atoms with Crippen LogP contribution >= 0.6 is 0 Å². The largest absolute Gasteiger partial charge is 0.449 e. The van der Waals surface area contributed by atoms with Crippen molar-refractivity contribution in [2.45, 2.75) is 19.3 Å². The summed E-state index contributed by atoms with van der Waals surface area (Å²) in [6, 6.07) is 9.36. The summed E-state index contributed by atoms with van der Waals surface area (Å²) in [4.78, 5) is 22.1. The Hall–Kier alpha value is -2.24. The molecule has 0 aliphatic heterocycles. The molecule has 0 spiro atoms. The smallest absolute Gasteiger partial charge is 0.407 e. The second-order valence-electron chi connectivity index (χ2n) is 4.26. The highest BCUT2D eigenvalue weighted by Gasteiger charge is 2.16. The van der Waals surface area contributed by atoms with Gasteiger partial charge in [0, 0.05) is 6.54 Å². The lowest BCUT2D eigenvalue weighted by molar-refractivity contribution is 0.111. The molecule has 20 heavy (non-hydrogen) atoms. The van der Waals surface area contributed by atoms with Crippen LogP contribution in [0.25, 0.3) is 0 Å². The van der Waals surface area contributed by atoms with Crippen LogP contribution in [0.4, 0.5) is 9.59 Å². The molecule has 1 aromatic carbocycles. The van der Waals surface area contributed by atoms with Gasteiger partial charge >= 0.3 is 12.2 Å². The van der Waals surface area contributed by atoms with Crippen molar-refractivity contribution >= 4 is 12.2 Å². The Balaban J connectivity index is 2.54. The highest BCUT2D eigenvalue weighted by atomic mass is 16.6. The lowest BCUT2D eigenvalue weighted by Crippen LogP contribution is -2.28. The van der Waals surface area contributed by atoms with Gasteiger partial charge in [0.25, 0.3) is 0 Å². The summed E-state index contributed by atoms with van der Waals surface area (Å²) in [5, 5.41) is 2.61. The van der Waals surface area contributed by atoms with E-state index in [-0.39, 0.29) is 19.1 Å². The first-order valence-corrected chi connectivity index (χ1v) is 6.51. The van der Waals surface area contributed by atoms with Crippen molar-refractivity contribution in [3.05, 3.63) is 35.9 Å². The molecule has 6 nitrogen and oxygen atoms in total. The Morgan fingerprint density at radius 1 is 1.20 bits per heavy atom. The van der Waals surface area contributed by atoms with Gasteiger partial charge in [-0.15, -0.1) is 0 Å². The zero-order chi connectivity index (χ0) is 14.8. The summed E-state index contributed by atoms with van der Waals surface area (Å²) in [6.07, 6.45) is -0.490. The quantitative estimate of drug-likeness (QED) is 0.799. The monoisotopic (exact) mass is 280 g/mol. The van der Waals surface area contributed by atoms with Crippen LogP contribution in [0.3, 0.4) is 0 Å². The minimum atomic E-state index is -0.846. The SMILES string of the molecule is CCCNC(=O)OC[C@@H](COC(N)=O)c1ccccc1. The molecule has 0 aliphatic carbocycles. The predicted molar refractivity (Wildman–Crippen MR) is 74.4 cm³/mol. The first kappa shape index (κ1) is 15.8. The zero-order valence-electron chi connectivity index (χ0n) is 11.5. The average molecular weight is 280 g/mol. The van der Waals surface area contributed by atoms with Crippen molar-refractivity contribution in [2.75, 3.05) is 19.8 Å². The maximum absolute atomic E-state index is 11.4. The van der Waals surface area contributed by atoms with Gasteiger partial charge in [-0.2, -0.15) is 0 Å². The number of amides is 2. The number of nitrogens with one attached hydrogen (secondary N) is 1. The molecule has 110 valence electrons. The van der Waals surface area contributed by atoms with E-state index in [1.54, 1.807) is 0 Å². The molecule has 0 unspecified atom stereocenters. The van der Waals surface area contributed by atoms with Gasteiger partial charge in [0.2, 0.25) is 0 Å². The van der Waals surface area contributed by atoms with Gasteiger partial charge in [0.15, 0.2) is 0 Å². The summed E-state index contributed by atoms with van der Waals surface area (Å²) in [6.45, 7) is 2.70. The van der Waals surface area contributed by atoms with Gasteiger partial charge < -0.3 is 20.5 Å². The molecular formula is C14H20N2O4. The third kappa shape index (κ3) is 6.08. The van der Waals surface area contributed by atoms with Gasteiger partial charge in [-0.3, -0.25) is 0 Å². The highest BCUT2D eigenvalue weighted by molar-refractivity contribution is 5.67. The van der Waals surface area contributed by atoms with E-state index in [1.807, 2.05) is 37.3 Å². The number of nitrogens with two attached hydrogens (primary N) is 1. The number of alkyl carbamates (subject to hydrolysis) is 1. The molecule has 0 heterocycles. The summed E-state index contributed by atoms with van der Waals surface area (Å²) in [5.41, 5.74) is 5.87. The molecule has 0 radical (unpaired) electrons. The van der Waals surface area contributed by atoms with Crippen molar-refractivity contribution in [3.8, 4) is 0 Å². The predicted octanol–water partition coefficient (Wildman–Crippen LogP) is 2.00. The third-order valence-electron chi connectivity index (χ3n) is 2.63. The van der Waals surface area contributed by atoms with Crippen LogP contribution in [0.15, 0.2) is 30.3 Å². The Morgan fingerprint density at radius 2 is 1.85 bits per heavy atom. The van der Waals surface area contributed by atoms with Crippen LogP contribution < -0.4 is 11.1 Å². The molecule has 0 saturated heterocycles. The molecule has 0 aromatic heterocycles. The Morgan fingerprint density at radius 3 is 2.45 bits per heavy atom. The second-order valence-corrected chi connectivity index (χ2v) is 4.26. The molecule has 0 saturated carbocycles. The summed E-state index contributed by atoms with van der Waals surface area (Å²) in [7, 11) is 0. The topological polar surface area (TPSA) is 90.7 Å². The van der Waals surface area contributed by atoms with E-state index in [0.717, 1.165) is 12.0 Å². The van der Waals surface area contributed by atoms with Crippen LogP contribution in [0.1, 0.15) is 24.8 Å². The van der Waals surface area contributed by atoms with E-state index in [2.05, 4.69) is 5.32 Å². The standard InChI is InChI=1S/C14H20N2O4/c1-2-8-16-14(18)20-10-12(9-19-13(15)17)11-6-4-3-5-7-11/h3-7,12H,2,8-10H2,1H3,(H2,15,17)(H,16,18)/t12-/m1/s1. The Kier molecular flexibility index (Phi) is 6.95. The molecule has 6 heteroatoms. The van der Waals surface area contributed by atoms with Gasteiger partial charge in [-0.25, -0.2) is 9.59 Å². The number of carbonyl (C=O) groups excluding carboxylic acids is 2.